The van der Waals surface area contributed by atoms with Gasteiger partial charge in [-0.05, 0) is 0 Å². The van der Waals surface area contributed by atoms with Crippen LogP contribution in [0.1, 0.15) is 5.56 Å². The highest BCUT2D eigenvalue weighted by Gasteiger charge is 2.57. The van der Waals surface area contributed by atoms with Gasteiger partial charge in [0.25, 0.3) is 0 Å². The van der Waals surface area contributed by atoms with Crippen LogP contribution < -0.4 is 5.73 Å². The first kappa shape index (κ1) is 15.9. The minimum absolute atomic E-state index is 0.193. The van der Waals surface area contributed by atoms with Crippen molar-refractivity contribution in [3.8, 4) is 0 Å². The number of fused-ring (bicyclic) bond motifs is 1. The maximum absolute atomic E-state index is 10.9. The Morgan fingerprint density at radius 3 is 2.60 bits per heavy atom. The number of hydrogen-bond donors (Lipinski definition) is 4. The minimum Gasteiger partial charge on any atom is -0.394 e. The SMILES string of the molecule is Nc1ncnc2c1ncn2[C@]1(c2ccccc2)O[C@H](CO)[C@@H](O)[C@H]1O. The van der Waals surface area contributed by atoms with Crippen molar-refractivity contribution < 1.29 is 20.1 Å². The van der Waals surface area contributed by atoms with Gasteiger partial charge in [0.2, 0.25) is 5.72 Å². The van der Waals surface area contributed by atoms with Gasteiger partial charge in [0.1, 0.15) is 30.2 Å². The second-order valence-corrected chi connectivity index (χ2v) is 5.88. The van der Waals surface area contributed by atoms with Crippen LogP contribution in [0.2, 0.25) is 0 Å². The zero-order valence-electron chi connectivity index (χ0n) is 13.1. The number of hydrogen-bond acceptors (Lipinski definition) is 8. The van der Waals surface area contributed by atoms with Crippen molar-refractivity contribution in [2.75, 3.05) is 12.3 Å². The summed E-state index contributed by atoms with van der Waals surface area (Å²) in [7, 11) is 0. The van der Waals surface area contributed by atoms with Crippen LogP contribution in [-0.4, -0.2) is 59.8 Å². The highest BCUT2D eigenvalue weighted by atomic mass is 16.6. The highest BCUT2D eigenvalue weighted by Crippen LogP contribution is 2.42. The van der Waals surface area contributed by atoms with E-state index in [0.29, 0.717) is 16.7 Å². The zero-order valence-corrected chi connectivity index (χ0v) is 13.1. The number of aliphatic hydroxyl groups is 3. The molecule has 130 valence electrons. The van der Waals surface area contributed by atoms with Gasteiger partial charge in [-0.25, -0.2) is 15.0 Å². The van der Waals surface area contributed by atoms with E-state index in [-0.39, 0.29) is 5.82 Å². The van der Waals surface area contributed by atoms with E-state index in [0.717, 1.165) is 0 Å². The van der Waals surface area contributed by atoms with Gasteiger partial charge in [0.05, 0.1) is 12.9 Å². The molecule has 1 fully saturated rings. The topological polar surface area (TPSA) is 140 Å². The zero-order chi connectivity index (χ0) is 17.6. The van der Waals surface area contributed by atoms with Gasteiger partial charge in [-0.2, -0.15) is 0 Å². The summed E-state index contributed by atoms with van der Waals surface area (Å²) in [5.74, 6) is 0.193. The molecular weight excluding hydrogens is 326 g/mol. The lowest BCUT2D eigenvalue weighted by atomic mass is 9.94. The number of nitrogens with zero attached hydrogens (tertiary/aromatic N) is 4. The van der Waals surface area contributed by atoms with Gasteiger partial charge >= 0.3 is 0 Å². The Kier molecular flexibility index (Phi) is 3.65. The third-order valence-electron chi connectivity index (χ3n) is 4.52. The van der Waals surface area contributed by atoms with Crippen LogP contribution in [0, 0.1) is 0 Å². The molecule has 0 spiro atoms. The molecule has 9 nitrogen and oxygen atoms in total. The molecule has 2 aromatic heterocycles. The average Bonchev–Trinajstić information content (AvgIpc) is 3.18. The summed E-state index contributed by atoms with van der Waals surface area (Å²) >= 11 is 0. The number of nitrogens with two attached hydrogens (primary N) is 1. The van der Waals surface area contributed by atoms with E-state index in [1.54, 1.807) is 24.3 Å². The van der Waals surface area contributed by atoms with Crippen LogP contribution in [0.15, 0.2) is 43.0 Å². The van der Waals surface area contributed by atoms with Crippen molar-refractivity contribution in [3.05, 3.63) is 48.5 Å². The fourth-order valence-electron chi connectivity index (χ4n) is 3.30. The Balaban J connectivity index is 2.00. The normalized spacial score (nSPS) is 29.3. The van der Waals surface area contributed by atoms with E-state index in [2.05, 4.69) is 15.0 Å². The molecule has 0 radical (unpaired) electrons. The van der Waals surface area contributed by atoms with Gasteiger partial charge in [-0.3, -0.25) is 4.57 Å². The lowest BCUT2D eigenvalue weighted by Gasteiger charge is -2.34. The smallest absolute Gasteiger partial charge is 0.203 e. The molecule has 0 bridgehead atoms. The van der Waals surface area contributed by atoms with Gasteiger partial charge in [0, 0.05) is 5.56 Å². The van der Waals surface area contributed by atoms with E-state index in [1.165, 1.54) is 17.2 Å². The minimum atomic E-state index is -1.51. The summed E-state index contributed by atoms with van der Waals surface area (Å²) in [4.78, 5) is 12.3. The number of ether oxygens (including phenoxy) is 1. The first-order valence-corrected chi connectivity index (χ1v) is 7.74. The van der Waals surface area contributed by atoms with Crippen molar-refractivity contribution in [2.24, 2.45) is 0 Å². The lowest BCUT2D eigenvalue weighted by Crippen LogP contribution is -2.46. The quantitative estimate of drug-likeness (QED) is 0.486. The Morgan fingerprint density at radius 2 is 1.92 bits per heavy atom. The van der Waals surface area contributed by atoms with Gasteiger partial charge in [-0.1, -0.05) is 30.3 Å². The van der Waals surface area contributed by atoms with Gasteiger partial charge < -0.3 is 25.8 Å². The van der Waals surface area contributed by atoms with Crippen LogP contribution in [-0.2, 0) is 10.5 Å². The van der Waals surface area contributed by atoms with E-state index < -0.39 is 30.6 Å². The first-order valence-electron chi connectivity index (χ1n) is 7.74. The fourth-order valence-corrected chi connectivity index (χ4v) is 3.30. The summed E-state index contributed by atoms with van der Waals surface area (Å²) in [6, 6.07) is 8.91. The second kappa shape index (κ2) is 5.74. The van der Waals surface area contributed by atoms with Gasteiger partial charge in [0.15, 0.2) is 11.5 Å². The average molecular weight is 343 g/mol. The maximum Gasteiger partial charge on any atom is 0.203 e. The van der Waals surface area contributed by atoms with Crippen LogP contribution in [0.4, 0.5) is 5.82 Å². The van der Waals surface area contributed by atoms with Crippen molar-refractivity contribution in [1.82, 2.24) is 19.5 Å². The Bertz CT molecular complexity index is 902. The third-order valence-corrected chi connectivity index (χ3v) is 4.52. The number of rotatable bonds is 3. The van der Waals surface area contributed by atoms with E-state index >= 15 is 0 Å². The van der Waals surface area contributed by atoms with Crippen LogP contribution in [0.25, 0.3) is 11.2 Å². The summed E-state index contributed by atoms with van der Waals surface area (Å²) in [6.45, 7) is -0.448. The predicted molar refractivity (Wildman–Crippen MR) is 87.2 cm³/mol. The molecule has 1 aliphatic heterocycles. The second-order valence-electron chi connectivity index (χ2n) is 5.88. The molecule has 0 saturated carbocycles. The Hall–Kier alpha value is -2.59. The molecule has 0 amide bonds. The number of imidazole rings is 1. The Labute approximate surface area is 142 Å². The van der Waals surface area contributed by atoms with E-state index in [9.17, 15) is 15.3 Å². The molecule has 0 aliphatic carbocycles. The summed E-state index contributed by atoms with van der Waals surface area (Å²) in [5.41, 5.74) is 5.62. The van der Waals surface area contributed by atoms with Crippen molar-refractivity contribution in [1.29, 1.82) is 0 Å². The number of aromatic nitrogens is 4. The standard InChI is InChI=1S/C16H17N5O4/c17-14-11-15(19-7-18-14)21(8-20-11)16(9-4-2-1-3-5-9)13(24)12(23)10(6-22)25-16/h1-5,7-8,10,12-13,22-24H,6H2,(H2,17,18,19)/t10-,12-,13-,16-/m1/s1. The number of nitrogen functional groups attached to an aromatic ring is 1. The lowest BCUT2D eigenvalue weighted by molar-refractivity contribution is -0.115. The maximum atomic E-state index is 10.9. The van der Waals surface area contributed by atoms with E-state index in [1.807, 2.05) is 6.07 Å². The molecule has 1 aromatic carbocycles. The van der Waals surface area contributed by atoms with Gasteiger partial charge in [-0.15, -0.1) is 0 Å². The van der Waals surface area contributed by atoms with Crippen molar-refractivity contribution in [3.63, 3.8) is 0 Å². The van der Waals surface area contributed by atoms with Crippen molar-refractivity contribution >= 4 is 17.0 Å². The fraction of sp³-hybridized carbons (Fsp3) is 0.312. The highest BCUT2D eigenvalue weighted by molar-refractivity contribution is 5.81. The molecule has 1 aliphatic rings. The molecule has 1 saturated heterocycles. The largest absolute Gasteiger partial charge is 0.394 e. The summed E-state index contributed by atoms with van der Waals surface area (Å²) < 4.78 is 7.49. The van der Waals surface area contributed by atoms with Crippen LogP contribution in [0.3, 0.4) is 0 Å². The Morgan fingerprint density at radius 1 is 1.16 bits per heavy atom. The number of anilines is 1. The number of benzene rings is 1. The van der Waals surface area contributed by atoms with Crippen LogP contribution >= 0.6 is 0 Å². The van der Waals surface area contributed by atoms with Crippen molar-refractivity contribution in [2.45, 2.75) is 24.0 Å². The summed E-state index contributed by atoms with van der Waals surface area (Å²) in [6.07, 6.45) is -0.900. The number of aliphatic hydroxyl groups excluding tert-OH is 3. The van der Waals surface area contributed by atoms with E-state index in [4.69, 9.17) is 10.5 Å². The monoisotopic (exact) mass is 343 g/mol. The molecule has 25 heavy (non-hydrogen) atoms. The first-order chi connectivity index (χ1) is 12.1. The molecular formula is C16H17N5O4. The predicted octanol–water partition coefficient (Wildman–Crippen LogP) is -0.778. The molecule has 4 rings (SSSR count). The molecule has 0 unspecified atom stereocenters. The third kappa shape index (κ3) is 2.14. The molecule has 4 atom stereocenters. The molecule has 3 heterocycles. The van der Waals surface area contributed by atoms with Crippen LogP contribution in [0.5, 0.6) is 0 Å². The summed E-state index contributed by atoms with van der Waals surface area (Å²) in [5, 5.41) is 30.7. The molecule has 9 heteroatoms. The molecule has 5 N–H and O–H groups in total. The molecule has 3 aromatic rings.